The number of halogens is 1. The van der Waals surface area contributed by atoms with E-state index in [9.17, 15) is 0 Å². The predicted octanol–water partition coefficient (Wildman–Crippen LogP) is 5.47. The molecule has 1 rings (SSSR count). The molecule has 0 amide bonds. The molecule has 0 unspecified atom stereocenters. The van der Waals surface area contributed by atoms with Gasteiger partial charge in [-0.15, -0.1) is 0 Å². The minimum atomic E-state index is -1.69. The first kappa shape index (κ1) is 17.9. The normalized spacial score (nSPS) is 16.0. The average Bonchev–Trinajstić information content (AvgIpc) is 2.23. The topological polar surface area (TPSA) is 18.5 Å². The zero-order chi connectivity index (χ0) is 15.6. The lowest BCUT2D eigenvalue weighted by atomic mass is 10.1. The molecule has 0 aliphatic carbocycles. The van der Waals surface area contributed by atoms with E-state index in [2.05, 4.69) is 46.2 Å². The van der Waals surface area contributed by atoms with Crippen molar-refractivity contribution in [3.63, 3.8) is 0 Å². The van der Waals surface area contributed by atoms with Gasteiger partial charge < -0.3 is 8.85 Å². The number of benzene rings is 1. The van der Waals surface area contributed by atoms with Crippen LogP contribution in [-0.2, 0) is 8.85 Å². The van der Waals surface area contributed by atoms with E-state index in [0.29, 0.717) is 0 Å². The zero-order valence-corrected chi connectivity index (χ0v) is 16.4. The molecular formula is C15H27ClO2Si2. The Balaban J connectivity index is 3.06. The summed E-state index contributed by atoms with van der Waals surface area (Å²) >= 11 is 6.35. The van der Waals surface area contributed by atoms with Gasteiger partial charge in [0.15, 0.2) is 16.6 Å². The van der Waals surface area contributed by atoms with Gasteiger partial charge in [-0.1, -0.05) is 29.8 Å². The summed E-state index contributed by atoms with van der Waals surface area (Å²) < 4.78 is 12.6. The summed E-state index contributed by atoms with van der Waals surface area (Å²) in [7, 11) is -3.30. The second kappa shape index (κ2) is 6.75. The van der Waals surface area contributed by atoms with Gasteiger partial charge in [-0.05, 0) is 52.3 Å². The van der Waals surface area contributed by atoms with Crippen LogP contribution in [0.2, 0.25) is 44.3 Å². The van der Waals surface area contributed by atoms with Crippen LogP contribution in [0.5, 0.6) is 0 Å². The largest absolute Gasteiger partial charge is 0.412 e. The number of rotatable bonds is 6. The Bertz CT molecular complexity index is 438. The van der Waals surface area contributed by atoms with Crippen molar-refractivity contribution in [1.82, 2.24) is 0 Å². The maximum Gasteiger partial charge on any atom is 0.184 e. The van der Waals surface area contributed by atoms with Crippen LogP contribution in [-0.4, -0.2) is 22.7 Å². The highest BCUT2D eigenvalue weighted by atomic mass is 35.5. The summed E-state index contributed by atoms with van der Waals surface area (Å²) in [6.45, 7) is 15.3. The molecule has 0 radical (unpaired) electrons. The Morgan fingerprint density at radius 2 is 1.40 bits per heavy atom. The van der Waals surface area contributed by atoms with Gasteiger partial charge in [0.2, 0.25) is 0 Å². The molecule has 20 heavy (non-hydrogen) atoms. The molecule has 2 nitrogen and oxygen atoms in total. The van der Waals surface area contributed by atoms with Gasteiger partial charge in [-0.25, -0.2) is 0 Å². The lowest BCUT2D eigenvalue weighted by Gasteiger charge is -2.35. The van der Waals surface area contributed by atoms with Crippen molar-refractivity contribution < 1.29 is 8.85 Å². The summed E-state index contributed by atoms with van der Waals surface area (Å²) in [5, 5.41) is 0.752. The second-order valence-electron chi connectivity index (χ2n) is 7.11. The Labute approximate surface area is 130 Å². The highest BCUT2D eigenvalue weighted by Crippen LogP contribution is 2.33. The fourth-order valence-electron chi connectivity index (χ4n) is 2.12. The predicted molar refractivity (Wildman–Crippen MR) is 92.5 cm³/mol. The molecule has 5 heteroatoms. The molecule has 1 aromatic carbocycles. The standard InChI is InChI=1S/C15H27ClO2Si2/c1-12(17-19(2,3)4)15(18-20(5,6)7)13-10-8-9-11-14(13)16/h8-12,15H,1-7H3/t12-,15+/m0/s1. The van der Waals surface area contributed by atoms with Gasteiger partial charge in [-0.2, -0.15) is 0 Å². The third kappa shape index (κ3) is 6.10. The molecule has 0 fully saturated rings. The molecule has 0 spiro atoms. The lowest BCUT2D eigenvalue weighted by Crippen LogP contribution is -2.38. The zero-order valence-electron chi connectivity index (χ0n) is 13.7. The van der Waals surface area contributed by atoms with E-state index in [4.69, 9.17) is 20.5 Å². The van der Waals surface area contributed by atoms with Crippen molar-refractivity contribution in [2.24, 2.45) is 0 Å². The second-order valence-corrected chi connectivity index (χ2v) is 16.4. The summed E-state index contributed by atoms with van der Waals surface area (Å²) in [4.78, 5) is 0. The quantitative estimate of drug-likeness (QED) is 0.643. The van der Waals surface area contributed by atoms with Crippen molar-refractivity contribution in [2.45, 2.75) is 58.4 Å². The first-order valence-electron chi connectivity index (χ1n) is 7.10. The maximum absolute atomic E-state index is 6.36. The van der Waals surface area contributed by atoms with Crippen LogP contribution in [0, 0.1) is 0 Å². The molecule has 1 aromatic rings. The van der Waals surface area contributed by atoms with Gasteiger partial charge >= 0.3 is 0 Å². The number of hydrogen-bond acceptors (Lipinski definition) is 2. The van der Waals surface area contributed by atoms with Crippen LogP contribution in [0.3, 0.4) is 0 Å². The van der Waals surface area contributed by atoms with Crippen LogP contribution in [0.15, 0.2) is 24.3 Å². The molecule has 0 aliphatic heterocycles. The molecule has 0 N–H and O–H groups in total. The van der Waals surface area contributed by atoms with Gasteiger partial charge in [0.1, 0.15) is 0 Å². The Morgan fingerprint density at radius 3 is 1.85 bits per heavy atom. The van der Waals surface area contributed by atoms with Crippen LogP contribution < -0.4 is 0 Å². The summed E-state index contributed by atoms with van der Waals surface area (Å²) in [6.07, 6.45) is -0.0876. The first-order chi connectivity index (χ1) is 8.99. The molecule has 114 valence electrons. The van der Waals surface area contributed by atoms with Gasteiger partial charge in [0, 0.05) is 10.6 Å². The van der Waals surface area contributed by atoms with Crippen molar-refractivity contribution in [2.75, 3.05) is 0 Å². The maximum atomic E-state index is 6.36. The molecule has 0 aliphatic rings. The summed E-state index contributed by atoms with van der Waals surface area (Å²) in [6, 6.07) is 7.90. The third-order valence-corrected chi connectivity index (χ3v) is 5.04. The molecule has 0 saturated heterocycles. The molecule has 0 heterocycles. The van der Waals surface area contributed by atoms with Gasteiger partial charge in [-0.3, -0.25) is 0 Å². The Hall–Kier alpha value is -0.136. The lowest BCUT2D eigenvalue weighted by molar-refractivity contribution is 0.0550. The highest BCUT2D eigenvalue weighted by Gasteiger charge is 2.31. The molecule has 0 bridgehead atoms. The highest BCUT2D eigenvalue weighted by molar-refractivity contribution is 6.70. The molecule has 0 aromatic heterocycles. The van der Waals surface area contributed by atoms with E-state index in [0.717, 1.165) is 10.6 Å². The van der Waals surface area contributed by atoms with E-state index < -0.39 is 16.6 Å². The van der Waals surface area contributed by atoms with Crippen LogP contribution in [0.1, 0.15) is 18.6 Å². The molecule has 0 saturated carbocycles. The Kier molecular flexibility index (Phi) is 6.05. The van der Waals surface area contributed by atoms with Crippen LogP contribution in [0.4, 0.5) is 0 Å². The molecule has 2 atom stereocenters. The average molecular weight is 331 g/mol. The van der Waals surface area contributed by atoms with E-state index in [-0.39, 0.29) is 12.2 Å². The van der Waals surface area contributed by atoms with Crippen molar-refractivity contribution >= 4 is 28.2 Å². The van der Waals surface area contributed by atoms with Crippen molar-refractivity contribution in [3.05, 3.63) is 34.9 Å². The SMILES string of the molecule is C[C@H](O[Si](C)(C)C)[C@@H](O[Si](C)(C)C)c1ccccc1Cl. The van der Waals surface area contributed by atoms with Crippen molar-refractivity contribution in [3.8, 4) is 0 Å². The smallest absolute Gasteiger partial charge is 0.184 e. The monoisotopic (exact) mass is 330 g/mol. The minimum Gasteiger partial charge on any atom is -0.412 e. The minimum absolute atomic E-state index is 0.00768. The fourth-order valence-corrected chi connectivity index (χ4v) is 4.68. The molecular weight excluding hydrogens is 304 g/mol. The van der Waals surface area contributed by atoms with E-state index in [1.165, 1.54) is 0 Å². The summed E-state index contributed by atoms with van der Waals surface area (Å²) in [5.41, 5.74) is 1.03. The Morgan fingerprint density at radius 1 is 0.900 bits per heavy atom. The first-order valence-corrected chi connectivity index (χ1v) is 14.3. The van der Waals surface area contributed by atoms with E-state index >= 15 is 0 Å². The fraction of sp³-hybridized carbons (Fsp3) is 0.600. The van der Waals surface area contributed by atoms with E-state index in [1.807, 2.05) is 24.3 Å². The van der Waals surface area contributed by atoms with Crippen molar-refractivity contribution in [1.29, 1.82) is 0 Å². The third-order valence-electron chi connectivity index (χ3n) is 2.66. The van der Waals surface area contributed by atoms with Crippen LogP contribution >= 0.6 is 11.6 Å². The number of hydrogen-bond donors (Lipinski definition) is 0. The summed E-state index contributed by atoms with van der Waals surface area (Å²) in [5.74, 6) is 0. The van der Waals surface area contributed by atoms with Gasteiger partial charge in [0.05, 0.1) is 12.2 Å². The van der Waals surface area contributed by atoms with E-state index in [1.54, 1.807) is 0 Å². The van der Waals surface area contributed by atoms with Crippen LogP contribution in [0.25, 0.3) is 0 Å². The van der Waals surface area contributed by atoms with Gasteiger partial charge in [0.25, 0.3) is 0 Å².